The van der Waals surface area contributed by atoms with Gasteiger partial charge in [-0.2, -0.15) is 0 Å². The van der Waals surface area contributed by atoms with Crippen LogP contribution < -0.4 is 10.5 Å². The van der Waals surface area contributed by atoms with Crippen molar-refractivity contribution in [2.75, 3.05) is 6.54 Å². The Morgan fingerprint density at radius 1 is 1.17 bits per heavy atom. The van der Waals surface area contributed by atoms with Crippen molar-refractivity contribution in [3.8, 4) is 11.5 Å². The Morgan fingerprint density at radius 2 is 2.00 bits per heavy atom. The second-order valence-electron chi connectivity index (χ2n) is 3.85. The monoisotopic (exact) mass is 325 g/mol. The first kappa shape index (κ1) is 13.4. The molecule has 0 atom stereocenters. The van der Waals surface area contributed by atoms with Crippen molar-refractivity contribution in [1.29, 1.82) is 0 Å². The van der Waals surface area contributed by atoms with E-state index in [0.29, 0.717) is 11.6 Å². The summed E-state index contributed by atoms with van der Waals surface area (Å²) in [6, 6.07) is 13.3. The molecular weight excluding hydrogens is 314 g/mol. The van der Waals surface area contributed by atoms with Gasteiger partial charge in [0.2, 0.25) is 0 Å². The van der Waals surface area contributed by atoms with E-state index in [2.05, 4.69) is 15.9 Å². The van der Waals surface area contributed by atoms with Crippen LogP contribution in [0.25, 0.3) is 0 Å². The van der Waals surface area contributed by atoms with Crippen molar-refractivity contribution < 1.29 is 4.74 Å². The average Bonchev–Trinajstić information content (AvgIpc) is 2.33. The van der Waals surface area contributed by atoms with Gasteiger partial charge in [-0.05, 0) is 54.9 Å². The first-order valence-electron chi connectivity index (χ1n) is 5.61. The van der Waals surface area contributed by atoms with Gasteiger partial charge in [0.05, 0.1) is 0 Å². The Hall–Kier alpha value is -1.03. The fourth-order valence-electron chi connectivity index (χ4n) is 1.66. The zero-order chi connectivity index (χ0) is 13.0. The lowest BCUT2D eigenvalue weighted by molar-refractivity contribution is 0.476. The van der Waals surface area contributed by atoms with Gasteiger partial charge in [0.1, 0.15) is 11.5 Å². The third-order valence-corrected chi connectivity index (χ3v) is 3.19. The van der Waals surface area contributed by atoms with Crippen LogP contribution >= 0.6 is 27.5 Å². The number of halogens is 2. The highest BCUT2D eigenvalue weighted by Gasteiger charge is 2.05. The van der Waals surface area contributed by atoms with Gasteiger partial charge in [0, 0.05) is 9.50 Å². The Balaban J connectivity index is 2.28. The largest absolute Gasteiger partial charge is 0.457 e. The van der Waals surface area contributed by atoms with Gasteiger partial charge >= 0.3 is 0 Å². The van der Waals surface area contributed by atoms with Gasteiger partial charge in [0.15, 0.2) is 0 Å². The van der Waals surface area contributed by atoms with Crippen LogP contribution in [0.4, 0.5) is 0 Å². The molecule has 0 saturated carbocycles. The van der Waals surface area contributed by atoms with Crippen LogP contribution in [0.15, 0.2) is 46.9 Å². The van der Waals surface area contributed by atoms with E-state index in [0.717, 1.165) is 28.0 Å². The summed E-state index contributed by atoms with van der Waals surface area (Å²) < 4.78 is 6.83. The van der Waals surface area contributed by atoms with Gasteiger partial charge in [-0.3, -0.25) is 0 Å². The molecule has 0 saturated heterocycles. The lowest BCUT2D eigenvalue weighted by Crippen LogP contribution is -2.04. The topological polar surface area (TPSA) is 35.2 Å². The molecule has 0 aliphatic rings. The molecule has 0 unspecified atom stereocenters. The molecule has 4 heteroatoms. The van der Waals surface area contributed by atoms with E-state index in [1.54, 1.807) is 0 Å². The van der Waals surface area contributed by atoms with Crippen molar-refractivity contribution in [3.63, 3.8) is 0 Å². The van der Waals surface area contributed by atoms with Crippen molar-refractivity contribution in [1.82, 2.24) is 0 Å². The summed E-state index contributed by atoms with van der Waals surface area (Å²) in [4.78, 5) is 0. The quantitative estimate of drug-likeness (QED) is 0.904. The van der Waals surface area contributed by atoms with Crippen molar-refractivity contribution in [3.05, 3.63) is 57.5 Å². The van der Waals surface area contributed by atoms with Gasteiger partial charge in [-0.15, -0.1) is 0 Å². The van der Waals surface area contributed by atoms with E-state index in [9.17, 15) is 0 Å². The molecule has 0 fully saturated rings. The van der Waals surface area contributed by atoms with Crippen LogP contribution in [0, 0.1) is 0 Å². The number of hydrogen-bond donors (Lipinski definition) is 1. The maximum Gasteiger partial charge on any atom is 0.130 e. The zero-order valence-electron chi connectivity index (χ0n) is 9.70. The smallest absolute Gasteiger partial charge is 0.130 e. The molecule has 2 rings (SSSR count). The molecule has 0 aliphatic heterocycles. The molecule has 0 aromatic heterocycles. The molecule has 2 N–H and O–H groups in total. The molecule has 0 amide bonds. The standard InChI is InChI=1S/C14H13BrClNO/c15-11-2-1-3-13(9-11)18-14-5-4-12(16)8-10(14)6-7-17/h1-5,8-9H,6-7,17H2. The molecule has 0 aliphatic carbocycles. The summed E-state index contributed by atoms with van der Waals surface area (Å²) in [7, 11) is 0. The number of ether oxygens (including phenoxy) is 1. The normalized spacial score (nSPS) is 10.4. The molecule has 2 nitrogen and oxygen atoms in total. The van der Waals surface area contributed by atoms with Crippen LogP contribution in [-0.2, 0) is 6.42 Å². The molecule has 0 spiro atoms. The molecular formula is C14H13BrClNO. The number of hydrogen-bond acceptors (Lipinski definition) is 2. The van der Waals surface area contributed by atoms with Gasteiger partial charge in [-0.25, -0.2) is 0 Å². The predicted molar refractivity (Wildman–Crippen MR) is 78.4 cm³/mol. The number of rotatable bonds is 4. The summed E-state index contributed by atoms with van der Waals surface area (Å²) >= 11 is 9.39. The van der Waals surface area contributed by atoms with Gasteiger partial charge in [-0.1, -0.05) is 33.6 Å². The fraction of sp³-hybridized carbons (Fsp3) is 0.143. The third-order valence-electron chi connectivity index (χ3n) is 2.46. The summed E-state index contributed by atoms with van der Waals surface area (Å²) in [6.45, 7) is 0.565. The van der Waals surface area contributed by atoms with Crippen molar-refractivity contribution in [2.24, 2.45) is 5.73 Å². The van der Waals surface area contributed by atoms with E-state index < -0.39 is 0 Å². The highest BCUT2D eigenvalue weighted by molar-refractivity contribution is 9.10. The lowest BCUT2D eigenvalue weighted by atomic mass is 10.1. The van der Waals surface area contributed by atoms with Crippen LogP contribution in [0.2, 0.25) is 5.02 Å². The molecule has 94 valence electrons. The third kappa shape index (κ3) is 3.48. The van der Waals surface area contributed by atoms with E-state index in [1.807, 2.05) is 42.5 Å². The predicted octanol–water partition coefficient (Wildman–Crippen LogP) is 4.40. The summed E-state index contributed by atoms with van der Waals surface area (Å²) in [5.41, 5.74) is 6.61. The molecule has 18 heavy (non-hydrogen) atoms. The number of nitrogens with two attached hydrogens (primary N) is 1. The molecule has 2 aromatic rings. The summed E-state index contributed by atoms with van der Waals surface area (Å²) in [6.07, 6.45) is 0.740. The van der Waals surface area contributed by atoms with E-state index in [1.165, 1.54) is 0 Å². The van der Waals surface area contributed by atoms with E-state index in [4.69, 9.17) is 22.1 Å². The minimum atomic E-state index is 0.565. The second kappa shape index (κ2) is 6.23. The minimum Gasteiger partial charge on any atom is -0.457 e. The molecule has 0 bridgehead atoms. The SMILES string of the molecule is NCCc1cc(Cl)ccc1Oc1cccc(Br)c1. The van der Waals surface area contributed by atoms with Crippen LogP contribution in [-0.4, -0.2) is 6.54 Å². The number of benzene rings is 2. The van der Waals surface area contributed by atoms with Crippen molar-refractivity contribution >= 4 is 27.5 Å². The Bertz CT molecular complexity index is 545. The summed E-state index contributed by atoms with van der Waals surface area (Å²) in [5, 5.41) is 0.694. The maximum absolute atomic E-state index is 5.98. The molecule has 0 radical (unpaired) electrons. The summed E-state index contributed by atoms with van der Waals surface area (Å²) in [5.74, 6) is 1.58. The highest BCUT2D eigenvalue weighted by atomic mass is 79.9. The first-order chi connectivity index (χ1) is 8.69. The van der Waals surface area contributed by atoms with Gasteiger partial charge < -0.3 is 10.5 Å². The average molecular weight is 327 g/mol. The highest BCUT2D eigenvalue weighted by Crippen LogP contribution is 2.29. The maximum atomic E-state index is 5.98. The Labute approximate surface area is 120 Å². The Kier molecular flexibility index (Phi) is 4.64. The minimum absolute atomic E-state index is 0.565. The second-order valence-corrected chi connectivity index (χ2v) is 5.20. The molecule has 0 heterocycles. The Morgan fingerprint density at radius 3 is 2.72 bits per heavy atom. The van der Waals surface area contributed by atoms with Crippen molar-refractivity contribution in [2.45, 2.75) is 6.42 Å². The van der Waals surface area contributed by atoms with E-state index >= 15 is 0 Å². The first-order valence-corrected chi connectivity index (χ1v) is 6.78. The van der Waals surface area contributed by atoms with Crippen LogP contribution in [0.3, 0.4) is 0 Å². The van der Waals surface area contributed by atoms with Crippen LogP contribution in [0.1, 0.15) is 5.56 Å². The zero-order valence-corrected chi connectivity index (χ0v) is 12.0. The van der Waals surface area contributed by atoms with Gasteiger partial charge in [0.25, 0.3) is 0 Å². The molecule has 2 aromatic carbocycles. The van der Waals surface area contributed by atoms with E-state index in [-0.39, 0.29) is 0 Å². The van der Waals surface area contributed by atoms with Crippen LogP contribution in [0.5, 0.6) is 11.5 Å². The lowest BCUT2D eigenvalue weighted by Gasteiger charge is -2.11. The fourth-order valence-corrected chi connectivity index (χ4v) is 2.23.